The number of nitrogens with one attached hydrogen (secondary N) is 1. The molecule has 4 fully saturated rings. The SMILES string of the molecule is CN1CCC[C@@]12CNC1CC2C1. The van der Waals surface area contributed by atoms with Gasteiger partial charge in [-0.1, -0.05) is 0 Å². The van der Waals surface area contributed by atoms with Crippen molar-refractivity contribution in [3.8, 4) is 0 Å². The van der Waals surface area contributed by atoms with Gasteiger partial charge in [0.1, 0.15) is 0 Å². The van der Waals surface area contributed by atoms with E-state index in [9.17, 15) is 0 Å². The Bertz CT molecular complexity index is 195. The minimum atomic E-state index is 0.578. The first-order valence-electron chi connectivity index (χ1n) is 5.26. The van der Waals surface area contributed by atoms with Crippen LogP contribution in [0.2, 0.25) is 0 Å². The third kappa shape index (κ3) is 0.728. The van der Waals surface area contributed by atoms with E-state index in [0.717, 1.165) is 12.0 Å². The van der Waals surface area contributed by atoms with Crippen molar-refractivity contribution < 1.29 is 0 Å². The van der Waals surface area contributed by atoms with Gasteiger partial charge >= 0.3 is 0 Å². The molecule has 0 unspecified atom stereocenters. The number of hydrogen-bond acceptors (Lipinski definition) is 2. The molecule has 2 nitrogen and oxygen atoms in total. The Labute approximate surface area is 74.3 Å². The van der Waals surface area contributed by atoms with Gasteiger partial charge in [-0.15, -0.1) is 0 Å². The van der Waals surface area contributed by atoms with E-state index in [1.807, 2.05) is 0 Å². The second-order valence-electron chi connectivity index (χ2n) is 4.87. The molecule has 0 radical (unpaired) electrons. The van der Waals surface area contributed by atoms with E-state index in [-0.39, 0.29) is 0 Å². The zero-order valence-corrected chi connectivity index (χ0v) is 7.84. The molecule has 1 N–H and O–H groups in total. The molecule has 2 heteroatoms. The second-order valence-corrected chi connectivity index (χ2v) is 4.87. The maximum atomic E-state index is 3.67. The average molecular weight is 166 g/mol. The summed E-state index contributed by atoms with van der Waals surface area (Å²) in [7, 11) is 2.31. The summed E-state index contributed by atoms with van der Waals surface area (Å²) in [4.78, 5) is 2.61. The molecule has 0 aromatic carbocycles. The van der Waals surface area contributed by atoms with Crippen molar-refractivity contribution in [2.75, 3.05) is 20.1 Å². The highest BCUT2D eigenvalue weighted by atomic mass is 15.2. The monoisotopic (exact) mass is 166 g/mol. The van der Waals surface area contributed by atoms with Crippen LogP contribution < -0.4 is 5.32 Å². The Morgan fingerprint density at radius 2 is 2.25 bits per heavy atom. The Kier molecular flexibility index (Phi) is 1.37. The molecule has 1 atom stereocenters. The lowest BCUT2D eigenvalue weighted by Crippen LogP contribution is -2.67. The second kappa shape index (κ2) is 2.24. The molecule has 0 aromatic heterocycles. The van der Waals surface area contributed by atoms with Gasteiger partial charge in [0.25, 0.3) is 0 Å². The molecular formula is C10H18N2. The number of nitrogens with zero attached hydrogens (tertiary/aromatic N) is 1. The van der Waals surface area contributed by atoms with E-state index in [2.05, 4.69) is 17.3 Å². The van der Waals surface area contributed by atoms with Crippen LogP contribution in [-0.4, -0.2) is 36.6 Å². The van der Waals surface area contributed by atoms with Gasteiger partial charge in [-0.3, -0.25) is 4.90 Å². The Morgan fingerprint density at radius 3 is 2.75 bits per heavy atom. The molecule has 0 amide bonds. The fourth-order valence-corrected chi connectivity index (χ4v) is 3.46. The first kappa shape index (κ1) is 7.34. The predicted molar refractivity (Wildman–Crippen MR) is 49.1 cm³/mol. The minimum Gasteiger partial charge on any atom is -0.312 e. The Hall–Kier alpha value is -0.0800. The van der Waals surface area contributed by atoms with Crippen LogP contribution in [0.25, 0.3) is 0 Å². The van der Waals surface area contributed by atoms with E-state index in [1.165, 1.54) is 38.8 Å². The number of piperidine rings is 2. The first-order chi connectivity index (χ1) is 5.81. The molecule has 1 spiro atoms. The summed E-state index contributed by atoms with van der Waals surface area (Å²) in [6, 6.07) is 0.884. The van der Waals surface area contributed by atoms with Crippen LogP contribution >= 0.6 is 0 Å². The summed E-state index contributed by atoms with van der Waals surface area (Å²) >= 11 is 0. The largest absolute Gasteiger partial charge is 0.312 e. The van der Waals surface area contributed by atoms with Crippen molar-refractivity contribution in [2.24, 2.45) is 5.92 Å². The molecule has 1 aliphatic carbocycles. The fourth-order valence-electron chi connectivity index (χ4n) is 3.46. The molecule has 4 aliphatic rings. The third-order valence-corrected chi connectivity index (χ3v) is 4.46. The molecule has 68 valence electrons. The maximum Gasteiger partial charge on any atom is 0.0360 e. The van der Waals surface area contributed by atoms with Crippen molar-refractivity contribution in [1.82, 2.24) is 10.2 Å². The Morgan fingerprint density at radius 1 is 1.42 bits per heavy atom. The lowest BCUT2D eigenvalue weighted by Gasteiger charge is -2.56. The van der Waals surface area contributed by atoms with Gasteiger partial charge in [0.2, 0.25) is 0 Å². The molecule has 1 saturated carbocycles. The molecule has 4 rings (SSSR count). The third-order valence-electron chi connectivity index (χ3n) is 4.46. The number of fused-ring (bicyclic) bond motifs is 1. The standard InChI is InChI=1S/C10H18N2/c1-12-4-2-3-10(12)7-11-9-5-8(10)6-9/h8-9,11H,2-7H2,1H3/t8?,9?,10-/m0/s1. The van der Waals surface area contributed by atoms with Crippen LogP contribution in [0.4, 0.5) is 0 Å². The van der Waals surface area contributed by atoms with E-state index in [0.29, 0.717) is 5.54 Å². The normalized spacial score (nSPS) is 52.8. The summed E-state index contributed by atoms with van der Waals surface area (Å²) < 4.78 is 0. The van der Waals surface area contributed by atoms with E-state index in [1.54, 1.807) is 0 Å². The van der Waals surface area contributed by atoms with Crippen LogP contribution in [0, 0.1) is 5.92 Å². The van der Waals surface area contributed by atoms with Crippen molar-refractivity contribution in [1.29, 1.82) is 0 Å². The number of rotatable bonds is 0. The quantitative estimate of drug-likeness (QED) is 0.573. The average Bonchev–Trinajstić information content (AvgIpc) is 2.32. The lowest BCUT2D eigenvalue weighted by molar-refractivity contribution is -0.0189. The topological polar surface area (TPSA) is 15.3 Å². The Balaban J connectivity index is 1.87. The van der Waals surface area contributed by atoms with Gasteiger partial charge in [0, 0.05) is 18.1 Å². The molecule has 12 heavy (non-hydrogen) atoms. The van der Waals surface area contributed by atoms with Gasteiger partial charge in [-0.05, 0) is 45.2 Å². The van der Waals surface area contributed by atoms with Gasteiger partial charge in [-0.25, -0.2) is 0 Å². The maximum absolute atomic E-state index is 3.67. The number of likely N-dealkylation sites (N-methyl/N-ethyl adjacent to an activating group) is 1. The fraction of sp³-hybridized carbons (Fsp3) is 1.00. The van der Waals surface area contributed by atoms with Crippen molar-refractivity contribution in [3.63, 3.8) is 0 Å². The predicted octanol–water partition coefficient (Wildman–Crippen LogP) is 0.833. The highest BCUT2D eigenvalue weighted by Crippen LogP contribution is 2.48. The van der Waals surface area contributed by atoms with Crippen LogP contribution in [0.5, 0.6) is 0 Å². The summed E-state index contributed by atoms with van der Waals surface area (Å²) in [6.07, 6.45) is 5.75. The highest BCUT2D eigenvalue weighted by Gasteiger charge is 2.53. The zero-order valence-electron chi connectivity index (χ0n) is 7.84. The first-order valence-corrected chi connectivity index (χ1v) is 5.26. The van der Waals surface area contributed by atoms with E-state index in [4.69, 9.17) is 0 Å². The van der Waals surface area contributed by atoms with Gasteiger partial charge in [0.15, 0.2) is 0 Å². The highest BCUT2D eigenvalue weighted by molar-refractivity contribution is 5.11. The van der Waals surface area contributed by atoms with Gasteiger partial charge < -0.3 is 5.32 Å². The molecule has 3 saturated heterocycles. The van der Waals surface area contributed by atoms with Crippen LogP contribution in [-0.2, 0) is 0 Å². The summed E-state index contributed by atoms with van der Waals surface area (Å²) in [6.45, 7) is 2.58. The zero-order chi connectivity index (χ0) is 8.18. The lowest BCUT2D eigenvalue weighted by atomic mass is 9.63. The number of likely N-dealkylation sites (tertiary alicyclic amines) is 1. The van der Waals surface area contributed by atoms with Crippen LogP contribution in [0.1, 0.15) is 25.7 Å². The summed E-state index contributed by atoms with van der Waals surface area (Å²) in [5, 5.41) is 3.67. The van der Waals surface area contributed by atoms with Gasteiger partial charge in [-0.2, -0.15) is 0 Å². The molecule has 3 aliphatic heterocycles. The van der Waals surface area contributed by atoms with E-state index < -0.39 is 0 Å². The van der Waals surface area contributed by atoms with Crippen molar-refractivity contribution in [3.05, 3.63) is 0 Å². The molecule has 2 bridgehead atoms. The van der Waals surface area contributed by atoms with Crippen molar-refractivity contribution >= 4 is 0 Å². The smallest absolute Gasteiger partial charge is 0.0360 e. The molecule has 3 heterocycles. The summed E-state index contributed by atoms with van der Waals surface area (Å²) in [5.41, 5.74) is 0.578. The van der Waals surface area contributed by atoms with E-state index >= 15 is 0 Å². The summed E-state index contributed by atoms with van der Waals surface area (Å²) in [5.74, 6) is 1.02. The van der Waals surface area contributed by atoms with Gasteiger partial charge in [0.05, 0.1) is 0 Å². The van der Waals surface area contributed by atoms with Crippen LogP contribution in [0.3, 0.4) is 0 Å². The number of hydrogen-bond donors (Lipinski definition) is 1. The van der Waals surface area contributed by atoms with Crippen LogP contribution in [0.15, 0.2) is 0 Å². The van der Waals surface area contributed by atoms with Crippen molar-refractivity contribution in [2.45, 2.75) is 37.3 Å². The molecular weight excluding hydrogens is 148 g/mol. The molecule has 0 aromatic rings. The minimum absolute atomic E-state index is 0.578.